The van der Waals surface area contributed by atoms with Gasteiger partial charge in [-0.15, -0.1) is 0 Å². The number of nitrogens with one attached hydrogen (secondary N) is 1. The van der Waals surface area contributed by atoms with Crippen LogP contribution in [0.25, 0.3) is 11.1 Å². The van der Waals surface area contributed by atoms with E-state index in [1.54, 1.807) is 6.07 Å². The number of benzene rings is 2. The van der Waals surface area contributed by atoms with Gasteiger partial charge >= 0.3 is 0 Å². The average molecular weight is 364 g/mol. The van der Waals surface area contributed by atoms with Crippen LogP contribution >= 0.6 is 0 Å². The highest BCUT2D eigenvalue weighted by Crippen LogP contribution is 2.29. The van der Waals surface area contributed by atoms with Crippen molar-refractivity contribution in [3.05, 3.63) is 82.3 Å². The van der Waals surface area contributed by atoms with Gasteiger partial charge < -0.3 is 9.72 Å². The van der Waals surface area contributed by atoms with Gasteiger partial charge in [0.15, 0.2) is 0 Å². The minimum Gasteiger partial charge on any atom is -0.489 e. The van der Waals surface area contributed by atoms with Crippen LogP contribution in [0.2, 0.25) is 0 Å². The Morgan fingerprint density at radius 1 is 1.15 bits per heavy atom. The molecule has 1 atom stereocenters. The van der Waals surface area contributed by atoms with E-state index in [2.05, 4.69) is 4.98 Å². The van der Waals surface area contributed by atoms with Crippen molar-refractivity contribution in [2.75, 3.05) is 6.26 Å². The van der Waals surface area contributed by atoms with Crippen molar-refractivity contribution >= 4 is 10.8 Å². The summed E-state index contributed by atoms with van der Waals surface area (Å²) in [5, 5.41) is 9.26. The van der Waals surface area contributed by atoms with Crippen molar-refractivity contribution in [3.63, 3.8) is 0 Å². The van der Waals surface area contributed by atoms with E-state index in [-0.39, 0.29) is 10.5 Å². The highest BCUT2D eigenvalue weighted by Gasteiger charge is 2.17. The molecule has 3 aromatic rings. The van der Waals surface area contributed by atoms with Gasteiger partial charge in [0.1, 0.15) is 24.0 Å². The molecule has 0 aliphatic heterocycles. The third kappa shape index (κ3) is 3.73. The number of hydrogen-bond acceptors (Lipinski definition) is 4. The quantitative estimate of drug-likeness (QED) is 0.753. The molecule has 1 aromatic heterocycles. The van der Waals surface area contributed by atoms with Crippen LogP contribution in [0.15, 0.2) is 70.5 Å². The van der Waals surface area contributed by atoms with Crippen LogP contribution < -0.4 is 10.3 Å². The van der Waals surface area contributed by atoms with Gasteiger partial charge in [-0.3, -0.25) is 9.00 Å². The normalized spacial score (nSPS) is 11.5. The molecule has 1 heterocycles. The molecule has 1 unspecified atom stereocenters. The van der Waals surface area contributed by atoms with Crippen molar-refractivity contribution in [2.45, 2.75) is 11.5 Å². The number of aromatic amines is 1. The maximum absolute atomic E-state index is 12.1. The summed E-state index contributed by atoms with van der Waals surface area (Å²) in [7, 11) is -1.49. The van der Waals surface area contributed by atoms with Crippen molar-refractivity contribution < 1.29 is 8.95 Å². The van der Waals surface area contributed by atoms with Crippen LogP contribution in [-0.2, 0) is 17.4 Å². The molecule has 0 saturated carbocycles. The van der Waals surface area contributed by atoms with E-state index in [1.165, 1.54) is 12.5 Å². The molecule has 26 heavy (non-hydrogen) atoms. The predicted octanol–water partition coefficient (Wildman–Crippen LogP) is 3.23. The van der Waals surface area contributed by atoms with E-state index in [0.29, 0.717) is 23.5 Å². The van der Waals surface area contributed by atoms with E-state index in [0.717, 1.165) is 5.56 Å². The highest BCUT2D eigenvalue weighted by atomic mass is 32.2. The largest absolute Gasteiger partial charge is 0.489 e. The van der Waals surface area contributed by atoms with Crippen molar-refractivity contribution in [2.24, 2.45) is 0 Å². The molecular formula is C20H16N2O3S. The first-order valence-electron chi connectivity index (χ1n) is 7.86. The molecule has 0 spiro atoms. The molecule has 0 aliphatic rings. The first-order chi connectivity index (χ1) is 12.6. The first kappa shape index (κ1) is 17.6. The lowest BCUT2D eigenvalue weighted by atomic mass is 10.1. The summed E-state index contributed by atoms with van der Waals surface area (Å²) in [5.74, 6) is 0.642. The Morgan fingerprint density at radius 2 is 1.92 bits per heavy atom. The molecule has 0 aliphatic carbocycles. The zero-order valence-corrected chi connectivity index (χ0v) is 14.9. The molecule has 1 N–H and O–H groups in total. The van der Waals surface area contributed by atoms with E-state index >= 15 is 0 Å². The highest BCUT2D eigenvalue weighted by molar-refractivity contribution is 7.84. The van der Waals surface area contributed by atoms with Crippen LogP contribution in [0.5, 0.6) is 5.75 Å². The monoisotopic (exact) mass is 364 g/mol. The predicted molar refractivity (Wildman–Crippen MR) is 100 cm³/mol. The molecule has 0 saturated heterocycles. The number of aromatic nitrogens is 1. The van der Waals surface area contributed by atoms with Gasteiger partial charge in [0.2, 0.25) is 0 Å². The van der Waals surface area contributed by atoms with Gasteiger partial charge in [-0.05, 0) is 23.3 Å². The molecule has 5 nitrogen and oxygen atoms in total. The average Bonchev–Trinajstić information content (AvgIpc) is 2.67. The summed E-state index contributed by atoms with van der Waals surface area (Å²) in [6.07, 6.45) is 2.94. The van der Waals surface area contributed by atoms with Crippen LogP contribution in [0, 0.1) is 11.3 Å². The van der Waals surface area contributed by atoms with E-state index in [4.69, 9.17) is 4.74 Å². The minimum absolute atomic E-state index is 0.126. The van der Waals surface area contributed by atoms with E-state index < -0.39 is 16.4 Å². The van der Waals surface area contributed by atoms with Crippen molar-refractivity contribution in [3.8, 4) is 22.9 Å². The van der Waals surface area contributed by atoms with Gasteiger partial charge in [0.25, 0.3) is 5.56 Å². The SMILES string of the molecule is CS(=O)c1c(-c2cccc(OCc3ccccc3)c2)c[nH]c(=O)c1C#N. The number of ether oxygens (including phenoxy) is 1. The summed E-state index contributed by atoms with van der Waals surface area (Å²) in [6, 6.07) is 18.9. The second-order valence-corrected chi connectivity index (χ2v) is 6.92. The van der Waals surface area contributed by atoms with Gasteiger partial charge in [0, 0.05) is 18.0 Å². The summed E-state index contributed by atoms with van der Waals surface area (Å²) >= 11 is 0. The molecular weight excluding hydrogens is 348 g/mol. The molecule has 0 fully saturated rings. The van der Waals surface area contributed by atoms with Crippen LogP contribution in [-0.4, -0.2) is 15.4 Å². The van der Waals surface area contributed by atoms with E-state index in [9.17, 15) is 14.3 Å². The van der Waals surface area contributed by atoms with Crippen molar-refractivity contribution in [1.29, 1.82) is 5.26 Å². The topological polar surface area (TPSA) is 83.0 Å². The maximum atomic E-state index is 12.1. The Kier molecular flexibility index (Phi) is 5.30. The number of nitriles is 1. The fraction of sp³-hybridized carbons (Fsp3) is 0.100. The van der Waals surface area contributed by atoms with Crippen LogP contribution in [0.3, 0.4) is 0 Å². The third-order valence-corrected chi connectivity index (χ3v) is 4.84. The van der Waals surface area contributed by atoms with Crippen molar-refractivity contribution in [1.82, 2.24) is 4.98 Å². The standard InChI is InChI=1S/C20H16N2O3S/c1-26(24)19-17(11-21)20(23)22-12-18(19)15-8-5-9-16(10-15)25-13-14-6-3-2-4-7-14/h2-10,12H,13H2,1H3,(H,22,23). The summed E-state index contributed by atoms with van der Waals surface area (Å²) in [6.45, 7) is 0.423. The van der Waals surface area contributed by atoms with Crippen LogP contribution in [0.4, 0.5) is 0 Å². The zero-order chi connectivity index (χ0) is 18.5. The second-order valence-electron chi connectivity index (χ2n) is 5.60. The Bertz CT molecular complexity index is 1050. The Hall–Kier alpha value is -3.17. The van der Waals surface area contributed by atoms with Gasteiger partial charge in [-0.1, -0.05) is 42.5 Å². The summed E-state index contributed by atoms with van der Waals surface area (Å²) in [4.78, 5) is 14.6. The molecule has 0 amide bonds. The van der Waals surface area contributed by atoms with Crippen LogP contribution in [0.1, 0.15) is 11.1 Å². The van der Waals surface area contributed by atoms with Gasteiger partial charge in [-0.25, -0.2) is 0 Å². The number of rotatable bonds is 5. The second kappa shape index (κ2) is 7.81. The molecule has 0 radical (unpaired) electrons. The lowest BCUT2D eigenvalue weighted by Gasteiger charge is -2.11. The smallest absolute Gasteiger partial charge is 0.267 e. The molecule has 130 valence electrons. The fourth-order valence-electron chi connectivity index (χ4n) is 2.62. The fourth-order valence-corrected chi connectivity index (χ4v) is 3.53. The zero-order valence-electron chi connectivity index (χ0n) is 14.1. The Balaban J connectivity index is 1.97. The minimum atomic E-state index is -1.49. The molecule has 6 heteroatoms. The molecule has 3 rings (SSSR count). The Labute approximate surface area is 153 Å². The first-order valence-corrected chi connectivity index (χ1v) is 9.42. The molecule has 0 bridgehead atoms. The van der Waals surface area contributed by atoms with Gasteiger partial charge in [-0.2, -0.15) is 5.26 Å². The molecule has 2 aromatic carbocycles. The number of nitrogens with zero attached hydrogens (tertiary/aromatic N) is 1. The Morgan fingerprint density at radius 3 is 2.62 bits per heavy atom. The van der Waals surface area contributed by atoms with E-state index in [1.807, 2.05) is 54.6 Å². The van der Waals surface area contributed by atoms with Gasteiger partial charge in [0.05, 0.1) is 15.7 Å². The number of hydrogen-bond donors (Lipinski definition) is 1. The summed E-state index contributed by atoms with van der Waals surface area (Å²) < 4.78 is 18.0. The number of H-pyrrole nitrogens is 1. The third-order valence-electron chi connectivity index (χ3n) is 3.84. The lowest BCUT2D eigenvalue weighted by Crippen LogP contribution is -2.14. The summed E-state index contributed by atoms with van der Waals surface area (Å²) in [5.41, 5.74) is 1.64. The maximum Gasteiger partial charge on any atom is 0.267 e. The number of pyridine rings is 1. The lowest BCUT2D eigenvalue weighted by molar-refractivity contribution is 0.306.